The second-order valence-corrected chi connectivity index (χ2v) is 6.31. The number of halogens is 1. The van der Waals surface area contributed by atoms with E-state index in [1.165, 1.54) is 11.8 Å². The molecule has 5 nitrogen and oxygen atoms in total. The summed E-state index contributed by atoms with van der Waals surface area (Å²) in [5.74, 6) is -0.313. The normalized spacial score (nSPS) is 10.1. The van der Waals surface area contributed by atoms with Gasteiger partial charge in [0, 0.05) is 24.0 Å². The molecule has 1 amide bonds. The van der Waals surface area contributed by atoms with Gasteiger partial charge in [0.25, 0.3) is 5.91 Å². The third kappa shape index (κ3) is 5.06. The van der Waals surface area contributed by atoms with E-state index in [9.17, 15) is 4.79 Å². The molecule has 0 saturated heterocycles. The van der Waals surface area contributed by atoms with Gasteiger partial charge in [0.1, 0.15) is 6.07 Å². The average Bonchev–Trinajstić information content (AvgIpc) is 2.70. The quantitative estimate of drug-likeness (QED) is 0.663. The molecule has 0 bridgehead atoms. The van der Waals surface area contributed by atoms with Crippen LogP contribution in [-0.4, -0.2) is 17.4 Å². The first-order chi connectivity index (χ1) is 13.2. The van der Waals surface area contributed by atoms with E-state index in [0.717, 1.165) is 12.1 Å². The summed E-state index contributed by atoms with van der Waals surface area (Å²) in [5, 5.41) is 15.8. The zero-order valence-electron chi connectivity index (χ0n) is 14.4. The summed E-state index contributed by atoms with van der Waals surface area (Å²) in [6, 6.07) is 18.4. The molecule has 0 unspecified atom stereocenters. The van der Waals surface area contributed by atoms with Crippen molar-refractivity contribution in [3.05, 3.63) is 88.7 Å². The standard InChI is InChI=1S/C21H17ClN4O/c22-18-7-5-15(6-8-18)9-10-25-19-11-17(13-24-14-19)21(27)26-20-4-2-1-3-16(20)12-23/h1-8,11,13-14,25H,9-10H2,(H,26,27). The number of nitriles is 1. The van der Waals surface area contributed by atoms with Gasteiger partial charge < -0.3 is 10.6 Å². The highest BCUT2D eigenvalue weighted by molar-refractivity contribution is 6.30. The molecule has 0 aliphatic rings. The first-order valence-electron chi connectivity index (χ1n) is 8.39. The van der Waals surface area contributed by atoms with Gasteiger partial charge >= 0.3 is 0 Å². The molecule has 0 aliphatic heterocycles. The monoisotopic (exact) mass is 376 g/mol. The molecule has 1 aromatic heterocycles. The Morgan fingerprint density at radius 2 is 1.89 bits per heavy atom. The van der Waals surface area contributed by atoms with Gasteiger partial charge in [0.15, 0.2) is 0 Å². The van der Waals surface area contributed by atoms with Gasteiger partial charge in [-0.05, 0) is 42.3 Å². The van der Waals surface area contributed by atoms with Crippen molar-refractivity contribution in [3.8, 4) is 6.07 Å². The van der Waals surface area contributed by atoms with Crippen molar-refractivity contribution in [2.45, 2.75) is 6.42 Å². The van der Waals surface area contributed by atoms with Crippen molar-refractivity contribution in [3.63, 3.8) is 0 Å². The Labute approximate surface area is 162 Å². The Balaban J connectivity index is 1.62. The summed E-state index contributed by atoms with van der Waals surface area (Å²) in [4.78, 5) is 16.6. The average molecular weight is 377 g/mol. The minimum Gasteiger partial charge on any atom is -0.383 e. The minimum atomic E-state index is -0.313. The molecule has 6 heteroatoms. The van der Waals surface area contributed by atoms with Crippen LogP contribution in [0.3, 0.4) is 0 Å². The van der Waals surface area contributed by atoms with Gasteiger partial charge in [-0.2, -0.15) is 5.26 Å². The lowest BCUT2D eigenvalue weighted by Gasteiger charge is -2.09. The van der Waals surface area contributed by atoms with Gasteiger partial charge in [-0.25, -0.2) is 0 Å². The lowest BCUT2D eigenvalue weighted by atomic mass is 10.1. The van der Waals surface area contributed by atoms with E-state index < -0.39 is 0 Å². The molecule has 3 aromatic rings. The molecule has 1 heterocycles. The largest absolute Gasteiger partial charge is 0.383 e. The first kappa shape index (κ1) is 18.4. The van der Waals surface area contributed by atoms with E-state index in [1.54, 1.807) is 36.5 Å². The number of hydrogen-bond acceptors (Lipinski definition) is 4. The minimum absolute atomic E-state index is 0.313. The maximum atomic E-state index is 12.5. The molecule has 0 aliphatic carbocycles. The van der Waals surface area contributed by atoms with Crippen LogP contribution in [0, 0.1) is 11.3 Å². The number of rotatable bonds is 6. The van der Waals surface area contributed by atoms with Gasteiger partial charge in [-0.15, -0.1) is 0 Å². The van der Waals surface area contributed by atoms with Crippen molar-refractivity contribution in [1.29, 1.82) is 5.26 Å². The summed E-state index contributed by atoms with van der Waals surface area (Å²) < 4.78 is 0. The third-order valence-electron chi connectivity index (χ3n) is 3.95. The topological polar surface area (TPSA) is 77.8 Å². The second-order valence-electron chi connectivity index (χ2n) is 5.88. The predicted octanol–water partition coefficient (Wildman–Crippen LogP) is 4.51. The Morgan fingerprint density at radius 3 is 2.67 bits per heavy atom. The fourth-order valence-corrected chi connectivity index (χ4v) is 2.67. The van der Waals surface area contributed by atoms with Gasteiger partial charge in [-0.3, -0.25) is 9.78 Å². The number of anilines is 2. The van der Waals surface area contributed by atoms with Crippen molar-refractivity contribution < 1.29 is 4.79 Å². The Bertz CT molecular complexity index is 980. The van der Waals surface area contributed by atoms with Crippen LogP contribution in [-0.2, 0) is 6.42 Å². The van der Waals surface area contributed by atoms with Gasteiger partial charge in [0.05, 0.1) is 22.5 Å². The summed E-state index contributed by atoms with van der Waals surface area (Å²) in [6.45, 7) is 0.700. The van der Waals surface area contributed by atoms with Crippen LogP contribution in [0.1, 0.15) is 21.5 Å². The van der Waals surface area contributed by atoms with E-state index in [4.69, 9.17) is 16.9 Å². The molecule has 0 atom stereocenters. The molecule has 0 fully saturated rings. The number of nitrogens with zero attached hydrogens (tertiary/aromatic N) is 2. The lowest BCUT2D eigenvalue weighted by Crippen LogP contribution is -2.14. The molecule has 0 saturated carbocycles. The van der Waals surface area contributed by atoms with E-state index >= 15 is 0 Å². The Hall–Kier alpha value is -3.36. The second kappa shape index (κ2) is 8.84. The SMILES string of the molecule is N#Cc1ccccc1NC(=O)c1cncc(NCCc2ccc(Cl)cc2)c1. The first-order valence-corrected chi connectivity index (χ1v) is 8.77. The molecule has 0 radical (unpaired) electrons. The van der Waals surface area contributed by atoms with Crippen molar-refractivity contribution >= 4 is 28.9 Å². The molecule has 2 aromatic carbocycles. The smallest absolute Gasteiger partial charge is 0.257 e. The van der Waals surface area contributed by atoms with Crippen molar-refractivity contribution in [2.24, 2.45) is 0 Å². The fraction of sp³-hybridized carbons (Fsp3) is 0.0952. The van der Waals surface area contributed by atoms with Crippen molar-refractivity contribution in [1.82, 2.24) is 4.98 Å². The summed E-state index contributed by atoms with van der Waals surface area (Å²) >= 11 is 5.89. The van der Waals surface area contributed by atoms with Crippen LogP contribution in [0.2, 0.25) is 5.02 Å². The molecule has 2 N–H and O–H groups in total. The number of aromatic nitrogens is 1. The van der Waals surface area contributed by atoms with E-state index in [1.807, 2.05) is 24.3 Å². The zero-order valence-corrected chi connectivity index (χ0v) is 15.2. The summed E-state index contributed by atoms with van der Waals surface area (Å²) in [5.41, 5.74) is 3.23. The molecule has 27 heavy (non-hydrogen) atoms. The number of benzene rings is 2. The van der Waals surface area contributed by atoms with Crippen LogP contribution in [0.15, 0.2) is 67.0 Å². The number of pyridine rings is 1. The third-order valence-corrected chi connectivity index (χ3v) is 4.20. The van der Waals surface area contributed by atoms with Gasteiger partial charge in [-0.1, -0.05) is 35.9 Å². The van der Waals surface area contributed by atoms with Crippen LogP contribution >= 0.6 is 11.6 Å². The van der Waals surface area contributed by atoms with Crippen LogP contribution in [0.25, 0.3) is 0 Å². The summed E-state index contributed by atoms with van der Waals surface area (Å²) in [6.07, 6.45) is 3.99. The highest BCUT2D eigenvalue weighted by atomic mass is 35.5. The summed E-state index contributed by atoms with van der Waals surface area (Å²) in [7, 11) is 0. The number of hydrogen-bond donors (Lipinski definition) is 2. The Kier molecular flexibility index (Phi) is 6.03. The number of para-hydroxylation sites is 1. The number of amides is 1. The number of nitrogens with one attached hydrogen (secondary N) is 2. The van der Waals surface area contributed by atoms with E-state index in [-0.39, 0.29) is 5.91 Å². The van der Waals surface area contributed by atoms with E-state index in [0.29, 0.717) is 28.4 Å². The number of carbonyl (C=O) groups excluding carboxylic acids is 1. The highest BCUT2D eigenvalue weighted by Crippen LogP contribution is 2.16. The van der Waals surface area contributed by atoms with E-state index in [2.05, 4.69) is 21.7 Å². The lowest BCUT2D eigenvalue weighted by molar-refractivity contribution is 0.102. The molecule has 0 spiro atoms. The molecule has 3 rings (SSSR count). The highest BCUT2D eigenvalue weighted by Gasteiger charge is 2.10. The maximum Gasteiger partial charge on any atom is 0.257 e. The Morgan fingerprint density at radius 1 is 1.11 bits per heavy atom. The molecular weight excluding hydrogens is 360 g/mol. The predicted molar refractivity (Wildman–Crippen MR) is 107 cm³/mol. The fourth-order valence-electron chi connectivity index (χ4n) is 2.55. The number of carbonyl (C=O) groups is 1. The van der Waals surface area contributed by atoms with Crippen LogP contribution in [0.4, 0.5) is 11.4 Å². The van der Waals surface area contributed by atoms with Crippen LogP contribution in [0.5, 0.6) is 0 Å². The van der Waals surface area contributed by atoms with Gasteiger partial charge in [0.2, 0.25) is 0 Å². The molecular formula is C21H17ClN4O. The zero-order chi connectivity index (χ0) is 19.1. The van der Waals surface area contributed by atoms with Crippen LogP contribution < -0.4 is 10.6 Å². The molecule has 134 valence electrons. The van der Waals surface area contributed by atoms with Crippen molar-refractivity contribution in [2.75, 3.05) is 17.2 Å². The maximum absolute atomic E-state index is 12.5.